The molecule has 1 radical (unpaired) electrons. The van der Waals surface area contributed by atoms with Crippen LogP contribution in [-0.2, 0) is 9.84 Å². The first-order valence-electron chi connectivity index (χ1n) is 4.24. The lowest BCUT2D eigenvalue weighted by atomic mass is 10.4. The molecule has 0 atom stereocenters. The molecule has 3 heteroatoms. The summed E-state index contributed by atoms with van der Waals surface area (Å²) in [6, 6.07) is 8.52. The van der Waals surface area contributed by atoms with Gasteiger partial charge < -0.3 is 0 Å². The summed E-state index contributed by atoms with van der Waals surface area (Å²) in [5.41, 5.74) is 0. The second-order valence-electron chi connectivity index (χ2n) is 2.84. The predicted octanol–water partition coefficient (Wildman–Crippen LogP) is 2.07. The van der Waals surface area contributed by atoms with E-state index in [9.17, 15) is 8.42 Å². The van der Waals surface area contributed by atoms with Crippen LogP contribution >= 0.6 is 0 Å². The Morgan fingerprint density at radius 2 is 1.77 bits per heavy atom. The summed E-state index contributed by atoms with van der Waals surface area (Å²) >= 11 is 0. The highest BCUT2D eigenvalue weighted by molar-refractivity contribution is 7.91. The highest BCUT2D eigenvalue weighted by Crippen LogP contribution is 2.11. The fraction of sp³-hybridized carbons (Fsp3) is 0.300. The van der Waals surface area contributed by atoms with Crippen LogP contribution in [-0.4, -0.2) is 14.2 Å². The smallest absolute Gasteiger partial charge is 0.178 e. The fourth-order valence-corrected chi connectivity index (χ4v) is 2.43. The van der Waals surface area contributed by atoms with Gasteiger partial charge in [-0.05, 0) is 18.6 Å². The Kier molecular flexibility index (Phi) is 3.48. The zero-order chi connectivity index (χ0) is 9.73. The molecule has 0 spiro atoms. The van der Waals surface area contributed by atoms with E-state index in [1.165, 1.54) is 0 Å². The SMILES string of the molecule is [CH2]CCCS(=O)(=O)c1ccccc1. The molecule has 0 aliphatic rings. The van der Waals surface area contributed by atoms with E-state index >= 15 is 0 Å². The molecule has 13 heavy (non-hydrogen) atoms. The summed E-state index contributed by atoms with van der Waals surface area (Å²) < 4.78 is 23.1. The summed E-state index contributed by atoms with van der Waals surface area (Å²) in [5.74, 6) is 0.195. The van der Waals surface area contributed by atoms with Crippen molar-refractivity contribution in [2.24, 2.45) is 0 Å². The van der Waals surface area contributed by atoms with Crippen molar-refractivity contribution in [2.45, 2.75) is 17.7 Å². The van der Waals surface area contributed by atoms with E-state index in [0.29, 0.717) is 17.7 Å². The van der Waals surface area contributed by atoms with E-state index in [1.54, 1.807) is 30.3 Å². The quantitative estimate of drug-likeness (QED) is 0.740. The number of rotatable bonds is 4. The van der Waals surface area contributed by atoms with Crippen molar-refractivity contribution in [1.82, 2.24) is 0 Å². The number of sulfone groups is 1. The monoisotopic (exact) mass is 197 g/mol. The first-order chi connectivity index (χ1) is 6.17. The largest absolute Gasteiger partial charge is 0.224 e. The minimum Gasteiger partial charge on any atom is -0.224 e. The molecule has 0 N–H and O–H groups in total. The van der Waals surface area contributed by atoms with Gasteiger partial charge >= 0.3 is 0 Å². The normalized spacial score (nSPS) is 11.5. The fourth-order valence-electron chi connectivity index (χ4n) is 1.04. The maximum absolute atomic E-state index is 11.6. The molecule has 0 amide bonds. The molecule has 1 aromatic carbocycles. The van der Waals surface area contributed by atoms with E-state index in [0.717, 1.165) is 0 Å². The minimum absolute atomic E-state index is 0.195. The maximum atomic E-state index is 11.6. The number of benzene rings is 1. The molecule has 2 nitrogen and oxygen atoms in total. The Balaban J connectivity index is 2.83. The molecule has 0 heterocycles. The first kappa shape index (κ1) is 10.3. The van der Waals surface area contributed by atoms with Gasteiger partial charge in [-0.25, -0.2) is 8.42 Å². The van der Waals surface area contributed by atoms with Gasteiger partial charge in [-0.1, -0.05) is 31.5 Å². The Morgan fingerprint density at radius 3 is 2.31 bits per heavy atom. The van der Waals surface area contributed by atoms with Gasteiger partial charge in [0, 0.05) is 0 Å². The van der Waals surface area contributed by atoms with E-state index < -0.39 is 9.84 Å². The summed E-state index contributed by atoms with van der Waals surface area (Å²) in [6.07, 6.45) is 1.28. The molecule has 1 rings (SSSR count). The van der Waals surface area contributed by atoms with E-state index in [1.807, 2.05) is 0 Å². The van der Waals surface area contributed by atoms with Gasteiger partial charge in [-0.3, -0.25) is 0 Å². The molecule has 0 aliphatic heterocycles. The number of unbranched alkanes of at least 4 members (excludes halogenated alkanes) is 1. The van der Waals surface area contributed by atoms with Gasteiger partial charge in [-0.15, -0.1) is 0 Å². The molecule has 1 aromatic rings. The van der Waals surface area contributed by atoms with Crippen LogP contribution in [0.3, 0.4) is 0 Å². The van der Waals surface area contributed by atoms with Crippen molar-refractivity contribution in [1.29, 1.82) is 0 Å². The number of hydrogen-bond donors (Lipinski definition) is 0. The van der Waals surface area contributed by atoms with Gasteiger partial charge in [0.25, 0.3) is 0 Å². The molecule has 0 saturated heterocycles. The van der Waals surface area contributed by atoms with E-state index in [2.05, 4.69) is 6.92 Å². The average Bonchev–Trinajstić information content (AvgIpc) is 2.16. The second kappa shape index (κ2) is 4.42. The second-order valence-corrected chi connectivity index (χ2v) is 4.95. The third-order valence-electron chi connectivity index (χ3n) is 1.77. The molecule has 0 aliphatic carbocycles. The molecule has 0 unspecified atom stereocenters. The van der Waals surface area contributed by atoms with Crippen molar-refractivity contribution in [3.8, 4) is 0 Å². The molecular weight excluding hydrogens is 184 g/mol. The van der Waals surface area contributed by atoms with Crippen LogP contribution in [0.5, 0.6) is 0 Å². The summed E-state index contributed by atoms with van der Waals surface area (Å²) in [4.78, 5) is 0.406. The van der Waals surface area contributed by atoms with Crippen LogP contribution in [0.2, 0.25) is 0 Å². The lowest BCUT2D eigenvalue weighted by molar-refractivity contribution is 0.593. The summed E-state index contributed by atoms with van der Waals surface area (Å²) in [7, 11) is -3.06. The van der Waals surface area contributed by atoms with Crippen molar-refractivity contribution in [3.63, 3.8) is 0 Å². The van der Waals surface area contributed by atoms with Crippen molar-refractivity contribution in [2.75, 3.05) is 5.75 Å². The molecule has 0 bridgehead atoms. The molecule has 71 valence electrons. The van der Waals surface area contributed by atoms with Crippen LogP contribution in [0.1, 0.15) is 12.8 Å². The van der Waals surface area contributed by atoms with Crippen LogP contribution in [0.4, 0.5) is 0 Å². The lowest BCUT2D eigenvalue weighted by Gasteiger charge is -2.01. The lowest BCUT2D eigenvalue weighted by Crippen LogP contribution is -2.05. The molecule has 0 fully saturated rings. The third kappa shape index (κ3) is 2.84. The van der Waals surface area contributed by atoms with E-state index in [4.69, 9.17) is 0 Å². The van der Waals surface area contributed by atoms with Crippen molar-refractivity contribution >= 4 is 9.84 Å². The van der Waals surface area contributed by atoms with Crippen LogP contribution in [0.15, 0.2) is 35.2 Å². The van der Waals surface area contributed by atoms with Gasteiger partial charge in [0.15, 0.2) is 9.84 Å². The van der Waals surface area contributed by atoms with Crippen LogP contribution in [0, 0.1) is 6.92 Å². The van der Waals surface area contributed by atoms with Crippen LogP contribution < -0.4 is 0 Å². The topological polar surface area (TPSA) is 34.1 Å². The zero-order valence-electron chi connectivity index (χ0n) is 7.44. The Labute approximate surface area is 79.5 Å². The maximum Gasteiger partial charge on any atom is 0.178 e. The molecule has 0 aromatic heterocycles. The minimum atomic E-state index is -3.06. The average molecular weight is 197 g/mol. The van der Waals surface area contributed by atoms with Crippen molar-refractivity contribution < 1.29 is 8.42 Å². The molecule has 0 saturated carbocycles. The third-order valence-corrected chi connectivity index (χ3v) is 3.58. The van der Waals surface area contributed by atoms with Gasteiger partial charge in [0.2, 0.25) is 0 Å². The highest BCUT2D eigenvalue weighted by Gasteiger charge is 2.11. The van der Waals surface area contributed by atoms with Crippen molar-refractivity contribution in [3.05, 3.63) is 37.3 Å². The van der Waals surface area contributed by atoms with Gasteiger partial charge in [0.1, 0.15) is 0 Å². The standard InChI is InChI=1S/C10H13O2S/c1-2-3-9-13(11,12)10-7-5-4-6-8-10/h4-8H,1-3,9H2. The zero-order valence-corrected chi connectivity index (χ0v) is 8.26. The molecular formula is C10H13O2S. The first-order valence-corrected chi connectivity index (χ1v) is 5.89. The van der Waals surface area contributed by atoms with Gasteiger partial charge in [0.05, 0.1) is 10.6 Å². The Bertz CT molecular complexity index is 340. The Morgan fingerprint density at radius 1 is 1.15 bits per heavy atom. The van der Waals surface area contributed by atoms with Crippen LogP contribution in [0.25, 0.3) is 0 Å². The summed E-state index contributed by atoms with van der Waals surface area (Å²) in [6.45, 7) is 3.62. The Hall–Kier alpha value is -0.830. The van der Waals surface area contributed by atoms with E-state index in [-0.39, 0.29) is 5.75 Å². The predicted molar refractivity (Wildman–Crippen MR) is 53.1 cm³/mol. The number of hydrogen-bond acceptors (Lipinski definition) is 2. The van der Waals surface area contributed by atoms with Gasteiger partial charge in [-0.2, -0.15) is 0 Å². The highest BCUT2D eigenvalue weighted by atomic mass is 32.2. The summed E-state index contributed by atoms with van der Waals surface area (Å²) in [5, 5.41) is 0.